The molecule has 1 saturated heterocycles. The minimum absolute atomic E-state index is 0.460. The Kier molecular flexibility index (Phi) is 3.61. The van der Waals surface area contributed by atoms with Crippen molar-refractivity contribution < 1.29 is 0 Å². The Morgan fingerprint density at radius 1 is 1.44 bits per heavy atom. The second-order valence-electron chi connectivity index (χ2n) is 4.39. The lowest BCUT2D eigenvalue weighted by molar-refractivity contribution is 0.337. The highest BCUT2D eigenvalue weighted by atomic mass is 35.5. The molecule has 1 fully saturated rings. The Hall–Kier alpha value is -0.870. The van der Waals surface area contributed by atoms with E-state index in [1.54, 1.807) is 6.20 Å². The maximum atomic E-state index is 5.87. The number of hydrogen-bond acceptors (Lipinski definition) is 4. The zero-order valence-electron chi connectivity index (χ0n) is 9.73. The highest BCUT2D eigenvalue weighted by molar-refractivity contribution is 6.29. The van der Waals surface area contributed by atoms with E-state index in [-0.39, 0.29) is 0 Å². The predicted molar refractivity (Wildman–Crippen MR) is 66.0 cm³/mol. The van der Waals surface area contributed by atoms with Gasteiger partial charge >= 0.3 is 0 Å². The molecule has 0 aliphatic carbocycles. The lowest BCUT2D eigenvalue weighted by Crippen LogP contribution is -2.38. The Labute approximate surface area is 101 Å². The predicted octanol–water partition coefficient (Wildman–Crippen LogP) is 1.66. The van der Waals surface area contributed by atoms with Gasteiger partial charge in [0.15, 0.2) is 5.15 Å². The van der Waals surface area contributed by atoms with Crippen molar-refractivity contribution in [2.45, 2.75) is 19.4 Å². The number of nitrogens with zero attached hydrogens (tertiary/aromatic N) is 4. The lowest BCUT2D eigenvalue weighted by atomic mass is 10.2. The van der Waals surface area contributed by atoms with E-state index >= 15 is 0 Å². The lowest BCUT2D eigenvalue weighted by Gasteiger charge is -2.29. The van der Waals surface area contributed by atoms with Gasteiger partial charge in [-0.25, -0.2) is 0 Å². The molecule has 2 rings (SSSR count). The van der Waals surface area contributed by atoms with Crippen LogP contribution in [0, 0.1) is 0 Å². The standard InChI is InChI=1S/C11H17ClN4/c1-9-8-15(2)4-3-5-16(9)10-6-11(12)14-13-7-10/h6-7,9H,3-5,8H2,1-2H3. The highest BCUT2D eigenvalue weighted by Crippen LogP contribution is 2.20. The van der Waals surface area contributed by atoms with Crippen molar-refractivity contribution in [1.82, 2.24) is 15.1 Å². The third kappa shape index (κ3) is 2.62. The number of likely N-dealkylation sites (N-methyl/N-ethyl adjacent to an activating group) is 1. The fourth-order valence-corrected chi connectivity index (χ4v) is 2.40. The van der Waals surface area contributed by atoms with Crippen LogP contribution in [0.4, 0.5) is 5.69 Å². The second kappa shape index (κ2) is 4.97. The average Bonchev–Trinajstić information content (AvgIpc) is 2.39. The fraction of sp³-hybridized carbons (Fsp3) is 0.636. The molecule has 5 heteroatoms. The number of rotatable bonds is 1. The summed E-state index contributed by atoms with van der Waals surface area (Å²) in [6.45, 7) is 5.50. The third-order valence-corrected chi connectivity index (χ3v) is 3.17. The fourth-order valence-electron chi connectivity index (χ4n) is 2.24. The molecule has 1 aromatic heterocycles. The minimum Gasteiger partial charge on any atom is -0.366 e. The maximum absolute atomic E-state index is 5.87. The Balaban J connectivity index is 2.19. The van der Waals surface area contributed by atoms with Crippen LogP contribution in [0.5, 0.6) is 0 Å². The molecule has 1 aliphatic rings. The first-order valence-electron chi connectivity index (χ1n) is 5.60. The first-order chi connectivity index (χ1) is 7.66. The molecule has 0 N–H and O–H groups in total. The second-order valence-corrected chi connectivity index (χ2v) is 4.78. The van der Waals surface area contributed by atoms with Crippen LogP contribution in [0.2, 0.25) is 5.15 Å². The van der Waals surface area contributed by atoms with Crippen LogP contribution in [0.1, 0.15) is 13.3 Å². The quantitative estimate of drug-likeness (QED) is 0.748. The van der Waals surface area contributed by atoms with E-state index in [1.807, 2.05) is 6.07 Å². The van der Waals surface area contributed by atoms with Crippen LogP contribution in [0.3, 0.4) is 0 Å². The van der Waals surface area contributed by atoms with E-state index in [0.29, 0.717) is 11.2 Å². The summed E-state index contributed by atoms with van der Waals surface area (Å²) in [4.78, 5) is 4.71. The minimum atomic E-state index is 0.460. The van der Waals surface area contributed by atoms with E-state index in [1.165, 1.54) is 6.42 Å². The Bertz CT molecular complexity index is 358. The van der Waals surface area contributed by atoms with Gasteiger partial charge in [0.05, 0.1) is 11.9 Å². The third-order valence-electron chi connectivity index (χ3n) is 2.99. The van der Waals surface area contributed by atoms with Crippen molar-refractivity contribution in [2.75, 3.05) is 31.6 Å². The zero-order valence-corrected chi connectivity index (χ0v) is 10.5. The molecule has 0 radical (unpaired) electrons. The molecular weight excluding hydrogens is 224 g/mol. The van der Waals surface area contributed by atoms with Gasteiger partial charge in [0.2, 0.25) is 0 Å². The van der Waals surface area contributed by atoms with E-state index in [9.17, 15) is 0 Å². The van der Waals surface area contributed by atoms with Gasteiger partial charge in [-0.05, 0) is 26.9 Å². The molecule has 0 saturated carbocycles. The SMILES string of the molecule is CC1CN(C)CCCN1c1cnnc(Cl)c1. The first kappa shape index (κ1) is 11.6. The van der Waals surface area contributed by atoms with Crippen molar-refractivity contribution in [2.24, 2.45) is 0 Å². The number of halogens is 1. The maximum Gasteiger partial charge on any atom is 0.153 e. The van der Waals surface area contributed by atoms with Gasteiger partial charge in [-0.2, -0.15) is 5.10 Å². The van der Waals surface area contributed by atoms with Gasteiger partial charge in [0.1, 0.15) is 0 Å². The summed E-state index contributed by atoms with van der Waals surface area (Å²) in [5.41, 5.74) is 1.07. The summed E-state index contributed by atoms with van der Waals surface area (Å²) in [6.07, 6.45) is 2.95. The Morgan fingerprint density at radius 3 is 3.00 bits per heavy atom. The molecule has 0 aromatic carbocycles. The van der Waals surface area contributed by atoms with Crippen molar-refractivity contribution in [1.29, 1.82) is 0 Å². The van der Waals surface area contributed by atoms with E-state index in [4.69, 9.17) is 11.6 Å². The van der Waals surface area contributed by atoms with Gasteiger partial charge in [-0.15, -0.1) is 5.10 Å². The number of hydrogen-bond donors (Lipinski definition) is 0. The van der Waals surface area contributed by atoms with Gasteiger partial charge in [-0.3, -0.25) is 0 Å². The monoisotopic (exact) mass is 240 g/mol. The summed E-state index contributed by atoms with van der Waals surface area (Å²) in [5.74, 6) is 0. The summed E-state index contributed by atoms with van der Waals surface area (Å²) >= 11 is 5.87. The number of aromatic nitrogens is 2. The number of anilines is 1. The highest BCUT2D eigenvalue weighted by Gasteiger charge is 2.20. The van der Waals surface area contributed by atoms with Crippen molar-refractivity contribution in [3.05, 3.63) is 17.4 Å². The van der Waals surface area contributed by atoms with Crippen LogP contribution in [-0.2, 0) is 0 Å². The normalized spacial score (nSPS) is 23.2. The largest absolute Gasteiger partial charge is 0.366 e. The van der Waals surface area contributed by atoms with Gasteiger partial charge in [0.25, 0.3) is 0 Å². The van der Waals surface area contributed by atoms with Crippen LogP contribution in [0.15, 0.2) is 12.3 Å². The van der Waals surface area contributed by atoms with Crippen molar-refractivity contribution in [3.8, 4) is 0 Å². The molecule has 2 heterocycles. The molecule has 1 atom stereocenters. The van der Waals surface area contributed by atoms with Crippen molar-refractivity contribution in [3.63, 3.8) is 0 Å². The van der Waals surface area contributed by atoms with E-state index < -0.39 is 0 Å². The van der Waals surface area contributed by atoms with Gasteiger partial charge in [0, 0.05) is 25.2 Å². The molecule has 1 aromatic rings. The van der Waals surface area contributed by atoms with Gasteiger partial charge < -0.3 is 9.80 Å². The summed E-state index contributed by atoms with van der Waals surface area (Å²) in [6, 6.07) is 2.36. The molecule has 4 nitrogen and oxygen atoms in total. The topological polar surface area (TPSA) is 32.3 Å². The van der Waals surface area contributed by atoms with Crippen LogP contribution in [-0.4, -0.2) is 47.8 Å². The average molecular weight is 241 g/mol. The zero-order chi connectivity index (χ0) is 11.5. The molecule has 16 heavy (non-hydrogen) atoms. The van der Waals surface area contributed by atoms with Crippen LogP contribution >= 0.6 is 11.6 Å². The smallest absolute Gasteiger partial charge is 0.153 e. The molecule has 1 aliphatic heterocycles. The van der Waals surface area contributed by atoms with Crippen LogP contribution in [0.25, 0.3) is 0 Å². The molecule has 0 bridgehead atoms. The van der Waals surface area contributed by atoms with Gasteiger partial charge in [-0.1, -0.05) is 11.6 Å². The molecule has 1 unspecified atom stereocenters. The summed E-state index contributed by atoms with van der Waals surface area (Å²) < 4.78 is 0. The van der Waals surface area contributed by atoms with Crippen molar-refractivity contribution >= 4 is 17.3 Å². The van der Waals surface area contributed by atoms with E-state index in [0.717, 1.165) is 25.3 Å². The summed E-state index contributed by atoms with van der Waals surface area (Å²) in [7, 11) is 2.16. The molecule has 88 valence electrons. The first-order valence-corrected chi connectivity index (χ1v) is 5.98. The van der Waals surface area contributed by atoms with Crippen LogP contribution < -0.4 is 4.90 Å². The molecular formula is C11H17ClN4. The Morgan fingerprint density at radius 2 is 2.25 bits per heavy atom. The molecule has 0 amide bonds. The molecule has 0 spiro atoms. The van der Waals surface area contributed by atoms with E-state index in [2.05, 4.69) is 34.0 Å². The summed E-state index contributed by atoms with van der Waals surface area (Å²) in [5, 5.41) is 8.14.